The highest BCUT2D eigenvalue weighted by atomic mass is 16.8. The topological polar surface area (TPSA) is 200 Å². The summed E-state index contributed by atoms with van der Waals surface area (Å²) in [5.74, 6) is -1.77. The van der Waals surface area contributed by atoms with Gasteiger partial charge in [0.15, 0.2) is 17.6 Å². The number of fused-ring (bicyclic) bond motifs is 1. The third-order valence-electron chi connectivity index (χ3n) is 7.33. The molecule has 0 saturated carbocycles. The molecule has 1 aromatic heterocycles. The van der Waals surface area contributed by atoms with Crippen molar-refractivity contribution in [1.29, 1.82) is 5.26 Å². The monoisotopic (exact) mass is 623 g/mol. The van der Waals surface area contributed by atoms with Crippen LogP contribution in [0.1, 0.15) is 35.7 Å². The van der Waals surface area contributed by atoms with Crippen LogP contribution in [0, 0.1) is 16.5 Å². The fraction of sp³-hybridized carbons (Fsp3) is 0.400. The summed E-state index contributed by atoms with van der Waals surface area (Å²) in [5.41, 5.74) is 1.94. The van der Waals surface area contributed by atoms with E-state index < -0.39 is 41.7 Å². The molecule has 45 heavy (non-hydrogen) atoms. The second-order valence-electron chi connectivity index (χ2n) is 10.2. The van der Waals surface area contributed by atoms with Crippen LogP contribution in [0.4, 0.5) is 0 Å². The third kappa shape index (κ3) is 7.78. The molecule has 3 aromatic rings. The molecule has 3 atom stereocenters. The van der Waals surface area contributed by atoms with Gasteiger partial charge in [0, 0.05) is 13.0 Å². The van der Waals surface area contributed by atoms with Crippen molar-refractivity contribution < 1.29 is 48.0 Å². The van der Waals surface area contributed by atoms with E-state index in [9.17, 15) is 24.7 Å². The molecule has 15 nitrogen and oxygen atoms in total. The van der Waals surface area contributed by atoms with Crippen LogP contribution in [0.15, 0.2) is 47.1 Å². The standard InChI is InChI=1S/C30H33N5O10/c1-18(28(36)34-17-21-15-26(42-3)25(41-2)14-20(21)13-23(34)29(37)38)32-22(10-9-19-7-5-4-6-8-19)30(39)44-12-11-43-27-24(16-31)35(40)45-33-27/h4-8,14-15,18,22-23,32H,9-13,17H2,1-3H3,(H,37,38)/t18-,22-,23-/m0/s1. The number of methoxy groups -OCH3 is 2. The predicted octanol–water partition coefficient (Wildman–Crippen LogP) is 1.14. The Labute approximate surface area is 258 Å². The molecule has 1 aliphatic rings. The summed E-state index contributed by atoms with van der Waals surface area (Å²) in [6, 6.07) is 11.4. The average molecular weight is 624 g/mol. The summed E-state index contributed by atoms with van der Waals surface area (Å²) < 4.78 is 25.7. The smallest absolute Gasteiger partial charge is 0.413 e. The van der Waals surface area contributed by atoms with E-state index in [0.717, 1.165) is 16.7 Å². The summed E-state index contributed by atoms with van der Waals surface area (Å²) in [6.07, 6.45) is 0.811. The maximum atomic E-state index is 13.7. The number of benzene rings is 2. The molecule has 0 fully saturated rings. The fourth-order valence-corrected chi connectivity index (χ4v) is 5.01. The van der Waals surface area contributed by atoms with Crippen LogP contribution in [0.25, 0.3) is 0 Å². The molecule has 2 heterocycles. The van der Waals surface area contributed by atoms with Crippen molar-refractivity contribution in [3.63, 3.8) is 0 Å². The second-order valence-corrected chi connectivity index (χ2v) is 10.2. The highest BCUT2D eigenvalue weighted by molar-refractivity contribution is 5.88. The van der Waals surface area contributed by atoms with Gasteiger partial charge in [-0.25, -0.2) is 4.79 Å². The number of amides is 1. The zero-order valence-corrected chi connectivity index (χ0v) is 24.9. The molecule has 0 spiro atoms. The highest BCUT2D eigenvalue weighted by Gasteiger charge is 2.38. The third-order valence-corrected chi connectivity index (χ3v) is 7.33. The normalized spacial score (nSPS) is 15.2. The number of carbonyl (C=O) groups is 3. The first-order valence-electron chi connectivity index (χ1n) is 14.0. The van der Waals surface area contributed by atoms with Crippen LogP contribution in [0.5, 0.6) is 17.4 Å². The number of nitrogens with zero attached hydrogens (tertiary/aromatic N) is 4. The van der Waals surface area contributed by atoms with Crippen molar-refractivity contribution in [2.45, 2.75) is 50.9 Å². The summed E-state index contributed by atoms with van der Waals surface area (Å²) in [7, 11) is 2.98. The molecule has 0 unspecified atom stereocenters. The van der Waals surface area contributed by atoms with Crippen molar-refractivity contribution in [2.75, 3.05) is 27.4 Å². The van der Waals surface area contributed by atoms with E-state index in [0.29, 0.717) is 17.9 Å². The Bertz CT molecular complexity index is 1550. The molecule has 2 aromatic carbocycles. The van der Waals surface area contributed by atoms with Crippen LogP contribution < -0.4 is 24.4 Å². The average Bonchev–Trinajstić information content (AvgIpc) is 3.41. The number of nitrogens with one attached hydrogen (secondary N) is 1. The predicted molar refractivity (Wildman–Crippen MR) is 153 cm³/mol. The molecular formula is C30H33N5O10. The zero-order valence-electron chi connectivity index (χ0n) is 24.9. The number of hydrogen-bond donors (Lipinski definition) is 2. The molecule has 15 heteroatoms. The number of aliphatic carboxylic acids is 1. The Kier molecular flexibility index (Phi) is 10.8. The first-order valence-corrected chi connectivity index (χ1v) is 14.0. The lowest BCUT2D eigenvalue weighted by Gasteiger charge is -2.37. The Balaban J connectivity index is 1.46. The largest absolute Gasteiger partial charge is 0.493 e. The SMILES string of the molecule is COc1cc2c(cc1OC)CN(C(=O)[C@H](C)N[C@@H](CCc1ccccc1)C(=O)OCCOc1no[n+]([O-])c1C#N)[C@H](C(=O)O)C2. The minimum Gasteiger partial charge on any atom is -0.493 e. The van der Waals surface area contributed by atoms with E-state index >= 15 is 0 Å². The minimum atomic E-state index is -1.16. The number of ether oxygens (including phenoxy) is 4. The molecule has 0 aliphatic carbocycles. The summed E-state index contributed by atoms with van der Waals surface area (Å²) in [6.45, 7) is 1.10. The highest BCUT2D eigenvalue weighted by Crippen LogP contribution is 2.35. The van der Waals surface area contributed by atoms with Crippen molar-refractivity contribution in [3.8, 4) is 23.4 Å². The first kappa shape index (κ1) is 32.6. The lowest BCUT2D eigenvalue weighted by molar-refractivity contribution is -0.804. The van der Waals surface area contributed by atoms with Crippen LogP contribution in [-0.4, -0.2) is 78.6 Å². The minimum absolute atomic E-state index is 0.0179. The van der Waals surface area contributed by atoms with Crippen LogP contribution in [0.2, 0.25) is 0 Å². The number of carboxylic acid groups (broad SMARTS) is 1. The number of nitriles is 1. The summed E-state index contributed by atoms with van der Waals surface area (Å²) in [4.78, 5) is 40.3. The number of carbonyl (C=O) groups excluding carboxylic acids is 2. The number of aryl methyl sites for hydroxylation is 1. The summed E-state index contributed by atoms with van der Waals surface area (Å²) in [5, 5.41) is 36.7. The Morgan fingerprint density at radius 3 is 2.51 bits per heavy atom. The first-order chi connectivity index (χ1) is 21.7. The molecule has 0 saturated heterocycles. The van der Waals surface area contributed by atoms with E-state index in [1.54, 1.807) is 25.1 Å². The van der Waals surface area contributed by atoms with Gasteiger partial charge in [-0.05, 0) is 53.5 Å². The van der Waals surface area contributed by atoms with Crippen molar-refractivity contribution in [3.05, 3.63) is 70.1 Å². The second kappa shape index (κ2) is 14.9. The molecule has 238 valence electrons. The number of aromatic nitrogens is 2. The van der Waals surface area contributed by atoms with Gasteiger partial charge in [-0.15, -0.1) is 0 Å². The lowest BCUT2D eigenvalue weighted by Crippen LogP contribution is -2.56. The van der Waals surface area contributed by atoms with E-state index in [-0.39, 0.29) is 43.4 Å². The van der Waals surface area contributed by atoms with Gasteiger partial charge in [0.05, 0.1) is 25.4 Å². The molecule has 2 N–H and O–H groups in total. The molecule has 0 bridgehead atoms. The Hall–Kier alpha value is -5.36. The van der Waals surface area contributed by atoms with Crippen LogP contribution >= 0.6 is 0 Å². The zero-order chi connectivity index (χ0) is 32.5. The number of carboxylic acids is 1. The van der Waals surface area contributed by atoms with Gasteiger partial charge in [0.1, 0.15) is 25.3 Å². The molecular weight excluding hydrogens is 590 g/mol. The van der Waals surface area contributed by atoms with E-state index in [2.05, 4.69) is 15.1 Å². The van der Waals surface area contributed by atoms with Gasteiger partial charge < -0.3 is 34.2 Å². The van der Waals surface area contributed by atoms with E-state index in [1.807, 2.05) is 30.3 Å². The molecule has 1 aliphatic heterocycles. The maximum absolute atomic E-state index is 13.7. The number of hydrogen-bond acceptors (Lipinski definition) is 12. The van der Waals surface area contributed by atoms with Crippen molar-refractivity contribution >= 4 is 17.8 Å². The fourth-order valence-electron chi connectivity index (χ4n) is 5.01. The maximum Gasteiger partial charge on any atom is 0.413 e. The van der Waals surface area contributed by atoms with Gasteiger partial charge in [0.25, 0.3) is 0 Å². The van der Waals surface area contributed by atoms with Crippen molar-refractivity contribution in [1.82, 2.24) is 15.4 Å². The van der Waals surface area contributed by atoms with Crippen molar-refractivity contribution in [2.24, 2.45) is 0 Å². The quantitative estimate of drug-likeness (QED) is 0.147. The van der Waals surface area contributed by atoms with Crippen LogP contribution in [-0.2, 0) is 38.5 Å². The molecule has 4 rings (SSSR count). The number of rotatable bonds is 14. The van der Waals surface area contributed by atoms with Gasteiger partial charge in [-0.1, -0.05) is 30.3 Å². The summed E-state index contributed by atoms with van der Waals surface area (Å²) >= 11 is 0. The van der Waals surface area contributed by atoms with Gasteiger partial charge >= 0.3 is 23.5 Å². The number of esters is 1. The molecule has 0 radical (unpaired) electrons. The van der Waals surface area contributed by atoms with E-state index in [1.165, 1.54) is 19.1 Å². The lowest BCUT2D eigenvalue weighted by atomic mass is 9.92. The van der Waals surface area contributed by atoms with E-state index in [4.69, 9.17) is 24.2 Å². The Morgan fingerprint density at radius 1 is 1.18 bits per heavy atom. The molecule has 1 amide bonds. The van der Waals surface area contributed by atoms with Gasteiger partial charge in [-0.3, -0.25) is 19.5 Å². The van der Waals surface area contributed by atoms with Gasteiger partial charge in [-0.2, -0.15) is 5.26 Å². The van der Waals surface area contributed by atoms with Gasteiger partial charge in [0.2, 0.25) is 5.91 Å². The Morgan fingerprint density at radius 2 is 1.87 bits per heavy atom. The van der Waals surface area contributed by atoms with Crippen LogP contribution in [0.3, 0.4) is 0 Å².